The van der Waals surface area contributed by atoms with Crippen molar-refractivity contribution in [3.05, 3.63) is 35.4 Å². The second-order valence-corrected chi connectivity index (χ2v) is 5.49. The molecule has 0 spiro atoms. The minimum atomic E-state index is -0.881. The quantitative estimate of drug-likeness (QED) is 0.844. The van der Waals surface area contributed by atoms with E-state index in [0.717, 1.165) is 5.75 Å². The summed E-state index contributed by atoms with van der Waals surface area (Å²) in [5, 5.41) is 12.2. The van der Waals surface area contributed by atoms with Crippen LogP contribution >= 0.6 is 11.8 Å². The van der Waals surface area contributed by atoms with Gasteiger partial charge in [-0.3, -0.25) is 4.79 Å². The predicted octanol–water partition coefficient (Wildman–Crippen LogP) is 2.05. The summed E-state index contributed by atoms with van der Waals surface area (Å²) >= 11 is 1.75. The molecule has 0 aliphatic carbocycles. The molecule has 0 aliphatic rings. The summed E-state index contributed by atoms with van der Waals surface area (Å²) in [6.45, 7) is 3.57. The molecule has 2 N–H and O–H groups in total. The average Bonchev–Trinajstić information content (AvgIpc) is 2.26. The van der Waals surface area contributed by atoms with E-state index in [-0.39, 0.29) is 12.5 Å². The first-order valence-corrected chi connectivity index (χ1v) is 6.90. The van der Waals surface area contributed by atoms with Crippen LogP contribution < -0.4 is 5.32 Å². The zero-order chi connectivity index (χ0) is 12.9. The van der Waals surface area contributed by atoms with Crippen molar-refractivity contribution in [1.29, 1.82) is 0 Å². The third-order valence-electron chi connectivity index (χ3n) is 2.21. The number of thioether (sulfide) groups is 1. The maximum atomic E-state index is 11.7. The fourth-order valence-electron chi connectivity index (χ4n) is 1.32. The number of hydrogen-bond donors (Lipinski definition) is 2. The van der Waals surface area contributed by atoms with Crippen LogP contribution in [0.5, 0.6) is 0 Å². The lowest BCUT2D eigenvalue weighted by atomic mass is 10.1. The zero-order valence-electron chi connectivity index (χ0n) is 10.5. The number of nitrogens with one attached hydrogen (secondary N) is 1. The Morgan fingerprint density at radius 3 is 2.41 bits per heavy atom. The number of benzene rings is 1. The van der Waals surface area contributed by atoms with E-state index in [1.165, 1.54) is 5.56 Å². The molecule has 0 unspecified atom stereocenters. The van der Waals surface area contributed by atoms with Crippen LogP contribution in [-0.2, 0) is 5.75 Å². The Balaban J connectivity index is 2.57. The van der Waals surface area contributed by atoms with Crippen LogP contribution in [0, 0.1) is 0 Å². The van der Waals surface area contributed by atoms with E-state index < -0.39 is 5.60 Å². The molecular formula is C13H19NO2S. The number of carbonyl (C=O) groups is 1. The van der Waals surface area contributed by atoms with Crippen LogP contribution in [0.1, 0.15) is 29.8 Å². The first-order valence-electron chi connectivity index (χ1n) is 5.51. The van der Waals surface area contributed by atoms with Gasteiger partial charge in [0, 0.05) is 17.9 Å². The summed E-state index contributed by atoms with van der Waals surface area (Å²) in [7, 11) is 0. The molecule has 94 valence electrons. The van der Waals surface area contributed by atoms with Crippen molar-refractivity contribution in [2.24, 2.45) is 0 Å². The topological polar surface area (TPSA) is 49.3 Å². The number of aliphatic hydroxyl groups is 1. The Morgan fingerprint density at radius 1 is 1.35 bits per heavy atom. The van der Waals surface area contributed by atoms with E-state index in [0.29, 0.717) is 5.56 Å². The Morgan fingerprint density at radius 2 is 1.94 bits per heavy atom. The Hall–Kier alpha value is -1.00. The van der Waals surface area contributed by atoms with Gasteiger partial charge in [-0.15, -0.1) is 0 Å². The van der Waals surface area contributed by atoms with Crippen LogP contribution in [0.2, 0.25) is 0 Å². The minimum absolute atomic E-state index is 0.150. The minimum Gasteiger partial charge on any atom is -0.389 e. The van der Waals surface area contributed by atoms with Gasteiger partial charge < -0.3 is 10.4 Å². The highest BCUT2D eigenvalue weighted by Gasteiger charge is 2.14. The van der Waals surface area contributed by atoms with Crippen molar-refractivity contribution in [2.75, 3.05) is 12.8 Å². The maximum Gasteiger partial charge on any atom is 0.251 e. The second-order valence-electron chi connectivity index (χ2n) is 4.63. The van der Waals surface area contributed by atoms with Crippen molar-refractivity contribution in [1.82, 2.24) is 5.32 Å². The van der Waals surface area contributed by atoms with Gasteiger partial charge in [0.2, 0.25) is 0 Å². The molecule has 3 nitrogen and oxygen atoms in total. The fourth-order valence-corrected chi connectivity index (χ4v) is 1.84. The molecule has 1 aromatic carbocycles. The van der Waals surface area contributed by atoms with Gasteiger partial charge in [0.25, 0.3) is 5.91 Å². The van der Waals surface area contributed by atoms with Crippen LogP contribution in [0.4, 0.5) is 0 Å². The lowest BCUT2D eigenvalue weighted by Gasteiger charge is -2.17. The molecule has 0 saturated carbocycles. The number of hydrogen-bond acceptors (Lipinski definition) is 3. The fraction of sp³-hybridized carbons (Fsp3) is 0.462. The SMILES string of the molecule is CSCc1ccc(C(=O)NCC(C)(C)O)cc1. The summed E-state index contributed by atoms with van der Waals surface area (Å²) < 4.78 is 0. The molecule has 1 rings (SSSR count). The van der Waals surface area contributed by atoms with Crippen LogP contribution in [0.15, 0.2) is 24.3 Å². The summed E-state index contributed by atoms with van der Waals surface area (Å²) in [6.07, 6.45) is 2.05. The van der Waals surface area contributed by atoms with E-state index in [1.54, 1.807) is 25.6 Å². The van der Waals surface area contributed by atoms with Gasteiger partial charge in [-0.1, -0.05) is 12.1 Å². The maximum absolute atomic E-state index is 11.7. The molecule has 0 atom stereocenters. The first kappa shape index (κ1) is 14.1. The number of carbonyl (C=O) groups excluding carboxylic acids is 1. The molecule has 0 aromatic heterocycles. The van der Waals surface area contributed by atoms with Crippen molar-refractivity contribution in [3.8, 4) is 0 Å². The Kier molecular flexibility index (Phi) is 5.02. The smallest absolute Gasteiger partial charge is 0.251 e. The largest absolute Gasteiger partial charge is 0.389 e. The van der Waals surface area contributed by atoms with Crippen molar-refractivity contribution >= 4 is 17.7 Å². The molecule has 1 amide bonds. The summed E-state index contributed by atoms with van der Waals surface area (Å²) in [5.41, 5.74) is 0.949. The van der Waals surface area contributed by atoms with Gasteiger partial charge in [-0.25, -0.2) is 0 Å². The van der Waals surface area contributed by atoms with Gasteiger partial charge in [0.15, 0.2) is 0 Å². The van der Waals surface area contributed by atoms with Gasteiger partial charge in [-0.05, 0) is 37.8 Å². The third-order valence-corrected chi connectivity index (χ3v) is 2.83. The molecule has 17 heavy (non-hydrogen) atoms. The van der Waals surface area contributed by atoms with Crippen LogP contribution in [0.25, 0.3) is 0 Å². The predicted molar refractivity (Wildman–Crippen MR) is 72.3 cm³/mol. The van der Waals surface area contributed by atoms with Crippen molar-refractivity contribution in [2.45, 2.75) is 25.2 Å². The van der Waals surface area contributed by atoms with E-state index in [4.69, 9.17) is 0 Å². The average molecular weight is 253 g/mol. The van der Waals surface area contributed by atoms with Crippen molar-refractivity contribution < 1.29 is 9.90 Å². The molecule has 0 radical (unpaired) electrons. The van der Waals surface area contributed by atoms with E-state index >= 15 is 0 Å². The Labute approximate surface area is 107 Å². The molecular weight excluding hydrogens is 234 g/mol. The molecule has 0 fully saturated rings. The summed E-state index contributed by atoms with van der Waals surface area (Å²) in [5.74, 6) is 0.800. The normalized spacial score (nSPS) is 11.3. The summed E-state index contributed by atoms with van der Waals surface area (Å²) in [6, 6.07) is 7.53. The highest BCUT2D eigenvalue weighted by molar-refractivity contribution is 7.97. The lowest BCUT2D eigenvalue weighted by molar-refractivity contribution is 0.0694. The van der Waals surface area contributed by atoms with E-state index in [9.17, 15) is 9.90 Å². The van der Waals surface area contributed by atoms with E-state index in [1.807, 2.05) is 30.5 Å². The molecule has 4 heteroatoms. The second kappa shape index (κ2) is 6.07. The van der Waals surface area contributed by atoms with Gasteiger partial charge in [0.05, 0.1) is 5.60 Å². The lowest BCUT2D eigenvalue weighted by Crippen LogP contribution is -2.38. The zero-order valence-corrected chi connectivity index (χ0v) is 11.3. The van der Waals surface area contributed by atoms with Crippen LogP contribution in [-0.4, -0.2) is 29.4 Å². The van der Waals surface area contributed by atoms with Gasteiger partial charge in [-0.2, -0.15) is 11.8 Å². The third kappa shape index (κ3) is 5.24. The Bertz CT molecular complexity index is 368. The number of rotatable bonds is 5. The standard InChI is InChI=1S/C13H19NO2S/c1-13(2,16)9-14-12(15)11-6-4-10(5-7-11)8-17-3/h4-7,16H,8-9H2,1-3H3,(H,14,15). The van der Waals surface area contributed by atoms with Crippen LogP contribution in [0.3, 0.4) is 0 Å². The van der Waals surface area contributed by atoms with Crippen molar-refractivity contribution in [3.63, 3.8) is 0 Å². The molecule has 0 bridgehead atoms. The summed E-state index contributed by atoms with van der Waals surface area (Å²) in [4.78, 5) is 11.7. The highest BCUT2D eigenvalue weighted by Crippen LogP contribution is 2.10. The first-order chi connectivity index (χ1) is 7.92. The molecule has 1 aromatic rings. The molecule has 0 heterocycles. The number of amides is 1. The van der Waals surface area contributed by atoms with E-state index in [2.05, 4.69) is 5.32 Å². The molecule has 0 aliphatic heterocycles. The highest BCUT2D eigenvalue weighted by atomic mass is 32.2. The molecule has 0 saturated heterocycles. The monoisotopic (exact) mass is 253 g/mol. The van der Waals surface area contributed by atoms with Gasteiger partial charge in [0.1, 0.15) is 0 Å². The van der Waals surface area contributed by atoms with Gasteiger partial charge >= 0.3 is 0 Å².